The molecule has 2 heterocycles. The van der Waals surface area contributed by atoms with Gasteiger partial charge < -0.3 is 4.74 Å². The van der Waals surface area contributed by atoms with E-state index in [1.54, 1.807) is 12.4 Å². The average Bonchev–Trinajstić information content (AvgIpc) is 3.00. The van der Waals surface area contributed by atoms with Crippen LogP contribution < -0.4 is 0 Å². The van der Waals surface area contributed by atoms with Crippen LogP contribution in [0.3, 0.4) is 0 Å². The van der Waals surface area contributed by atoms with E-state index in [9.17, 15) is 4.79 Å². The summed E-state index contributed by atoms with van der Waals surface area (Å²) in [6.45, 7) is 8.22. The Labute approximate surface area is 147 Å². The van der Waals surface area contributed by atoms with Crippen LogP contribution in [0, 0.1) is 5.92 Å². The first kappa shape index (κ1) is 17.1. The summed E-state index contributed by atoms with van der Waals surface area (Å²) in [6.07, 6.45) is 3.57. The smallest absolute Gasteiger partial charge is 0.308 e. The minimum absolute atomic E-state index is 0.112. The van der Waals surface area contributed by atoms with Gasteiger partial charge in [0.1, 0.15) is 17.9 Å². The molecule has 0 aliphatic carbocycles. The molecule has 2 aromatic heterocycles. The number of hydrogen-bond acceptors (Lipinski definition) is 4. The van der Waals surface area contributed by atoms with E-state index in [1.807, 2.05) is 44.2 Å². The lowest BCUT2D eigenvalue weighted by molar-refractivity contribution is -0.148. The summed E-state index contributed by atoms with van der Waals surface area (Å²) in [7, 11) is 0. The molecule has 0 amide bonds. The number of esters is 1. The monoisotopic (exact) mass is 337 g/mol. The molecule has 0 aliphatic rings. The van der Waals surface area contributed by atoms with E-state index >= 15 is 0 Å². The van der Waals surface area contributed by atoms with Crippen LogP contribution in [-0.4, -0.2) is 20.5 Å². The van der Waals surface area contributed by atoms with Crippen molar-refractivity contribution in [1.82, 2.24) is 14.5 Å². The molecule has 0 fully saturated rings. The fourth-order valence-electron chi connectivity index (χ4n) is 2.67. The van der Waals surface area contributed by atoms with Gasteiger partial charge in [-0.2, -0.15) is 0 Å². The van der Waals surface area contributed by atoms with E-state index in [1.165, 1.54) is 0 Å². The first-order valence-corrected chi connectivity index (χ1v) is 8.55. The van der Waals surface area contributed by atoms with Crippen molar-refractivity contribution in [3.05, 3.63) is 54.1 Å². The van der Waals surface area contributed by atoms with Gasteiger partial charge in [0.2, 0.25) is 0 Å². The first-order valence-electron chi connectivity index (χ1n) is 8.55. The van der Waals surface area contributed by atoms with Crippen LogP contribution in [0.5, 0.6) is 0 Å². The van der Waals surface area contributed by atoms with Crippen LogP contribution >= 0.6 is 0 Å². The molecule has 0 N–H and O–H groups in total. The minimum atomic E-state index is -0.181. The Morgan fingerprint density at radius 1 is 1.12 bits per heavy atom. The van der Waals surface area contributed by atoms with Gasteiger partial charge in [0.15, 0.2) is 0 Å². The summed E-state index contributed by atoms with van der Waals surface area (Å²) < 4.78 is 7.44. The van der Waals surface area contributed by atoms with E-state index in [0.29, 0.717) is 12.5 Å². The van der Waals surface area contributed by atoms with Gasteiger partial charge in [0.05, 0.1) is 17.6 Å². The van der Waals surface area contributed by atoms with Crippen LogP contribution in [0.4, 0.5) is 0 Å². The number of ether oxygens (including phenoxy) is 1. The first-order chi connectivity index (χ1) is 12.0. The van der Waals surface area contributed by atoms with Crippen molar-refractivity contribution < 1.29 is 9.53 Å². The third-order valence-corrected chi connectivity index (χ3v) is 4.05. The standard InChI is InChI=1S/C20H23N3O2/c1-13(2)19-22-17-11-21-10-9-18(17)23(19)16-7-5-15(6-8-16)12-25-20(24)14(3)4/h5-11,13-14H,12H2,1-4H3. The normalized spacial score (nSPS) is 11.4. The fourth-order valence-corrected chi connectivity index (χ4v) is 2.67. The maximum atomic E-state index is 11.6. The van der Waals surface area contributed by atoms with Crippen molar-refractivity contribution >= 4 is 17.0 Å². The average molecular weight is 337 g/mol. The van der Waals surface area contributed by atoms with Gasteiger partial charge in [-0.1, -0.05) is 39.8 Å². The quantitative estimate of drug-likeness (QED) is 0.653. The van der Waals surface area contributed by atoms with Crippen molar-refractivity contribution in [2.45, 2.75) is 40.2 Å². The zero-order valence-electron chi connectivity index (χ0n) is 15.1. The van der Waals surface area contributed by atoms with E-state index in [4.69, 9.17) is 9.72 Å². The van der Waals surface area contributed by atoms with Gasteiger partial charge in [-0.15, -0.1) is 0 Å². The van der Waals surface area contributed by atoms with Crippen molar-refractivity contribution in [3.63, 3.8) is 0 Å². The number of carbonyl (C=O) groups is 1. The van der Waals surface area contributed by atoms with Crippen LogP contribution in [0.2, 0.25) is 0 Å². The van der Waals surface area contributed by atoms with E-state index in [0.717, 1.165) is 28.1 Å². The largest absolute Gasteiger partial charge is 0.461 e. The molecule has 0 unspecified atom stereocenters. The number of rotatable bonds is 5. The molecular weight excluding hydrogens is 314 g/mol. The molecule has 0 aliphatic heterocycles. The predicted molar refractivity (Wildman–Crippen MR) is 97.6 cm³/mol. The highest BCUT2D eigenvalue weighted by molar-refractivity contribution is 5.77. The third-order valence-electron chi connectivity index (χ3n) is 4.05. The Balaban J connectivity index is 1.91. The van der Waals surface area contributed by atoms with Crippen molar-refractivity contribution in [2.75, 3.05) is 0 Å². The van der Waals surface area contributed by atoms with Crippen LogP contribution in [-0.2, 0) is 16.1 Å². The summed E-state index contributed by atoms with van der Waals surface area (Å²) >= 11 is 0. The summed E-state index contributed by atoms with van der Waals surface area (Å²) in [4.78, 5) is 20.5. The van der Waals surface area contributed by atoms with Gasteiger partial charge in [-0.3, -0.25) is 14.3 Å². The van der Waals surface area contributed by atoms with Gasteiger partial charge >= 0.3 is 5.97 Å². The van der Waals surface area contributed by atoms with E-state index < -0.39 is 0 Å². The van der Waals surface area contributed by atoms with E-state index in [-0.39, 0.29) is 11.9 Å². The van der Waals surface area contributed by atoms with Crippen molar-refractivity contribution in [2.24, 2.45) is 5.92 Å². The van der Waals surface area contributed by atoms with Crippen LogP contribution in [0.15, 0.2) is 42.7 Å². The summed E-state index contributed by atoms with van der Waals surface area (Å²) in [6, 6.07) is 10.0. The second-order valence-corrected chi connectivity index (χ2v) is 6.75. The number of pyridine rings is 1. The molecule has 5 nitrogen and oxygen atoms in total. The molecule has 0 radical (unpaired) electrons. The molecule has 130 valence electrons. The zero-order valence-corrected chi connectivity index (χ0v) is 15.1. The number of aromatic nitrogens is 3. The molecule has 3 rings (SSSR count). The van der Waals surface area contributed by atoms with Gasteiger partial charge in [-0.25, -0.2) is 4.98 Å². The molecule has 0 saturated carbocycles. The maximum Gasteiger partial charge on any atom is 0.308 e. The number of nitrogens with zero attached hydrogens (tertiary/aromatic N) is 3. The molecule has 0 spiro atoms. The highest BCUT2D eigenvalue weighted by Crippen LogP contribution is 2.25. The maximum absolute atomic E-state index is 11.6. The third kappa shape index (κ3) is 3.55. The molecule has 3 aromatic rings. The Morgan fingerprint density at radius 2 is 1.84 bits per heavy atom. The lowest BCUT2D eigenvalue weighted by Gasteiger charge is -2.12. The Hall–Kier alpha value is -2.69. The number of imidazole rings is 1. The number of fused-ring (bicyclic) bond motifs is 1. The Kier molecular flexibility index (Phi) is 4.83. The van der Waals surface area contributed by atoms with Gasteiger partial charge in [0, 0.05) is 17.8 Å². The summed E-state index contributed by atoms with van der Waals surface area (Å²) in [5, 5.41) is 0. The highest BCUT2D eigenvalue weighted by Gasteiger charge is 2.15. The molecular formula is C20H23N3O2. The molecule has 0 atom stereocenters. The van der Waals surface area contributed by atoms with Gasteiger partial charge in [-0.05, 0) is 23.8 Å². The lowest BCUT2D eigenvalue weighted by atomic mass is 10.1. The van der Waals surface area contributed by atoms with Gasteiger partial charge in [0.25, 0.3) is 0 Å². The SMILES string of the molecule is CC(C)C(=O)OCc1ccc(-n2c(C(C)C)nc3cnccc32)cc1. The van der Waals surface area contributed by atoms with E-state index in [2.05, 4.69) is 23.4 Å². The second kappa shape index (κ2) is 7.05. The summed E-state index contributed by atoms with van der Waals surface area (Å²) in [5.41, 5.74) is 3.94. The number of benzene rings is 1. The van der Waals surface area contributed by atoms with Crippen LogP contribution in [0.1, 0.15) is 45.0 Å². The second-order valence-electron chi connectivity index (χ2n) is 6.75. The molecule has 1 aromatic carbocycles. The molecule has 25 heavy (non-hydrogen) atoms. The number of hydrogen-bond donors (Lipinski definition) is 0. The van der Waals surface area contributed by atoms with Crippen LogP contribution in [0.25, 0.3) is 16.7 Å². The molecule has 5 heteroatoms. The van der Waals surface area contributed by atoms with Crippen molar-refractivity contribution in [1.29, 1.82) is 0 Å². The number of carbonyl (C=O) groups excluding carboxylic acids is 1. The summed E-state index contributed by atoms with van der Waals surface area (Å²) in [5.74, 6) is 0.999. The fraction of sp³-hybridized carbons (Fsp3) is 0.350. The Morgan fingerprint density at radius 3 is 2.48 bits per heavy atom. The zero-order chi connectivity index (χ0) is 18.0. The minimum Gasteiger partial charge on any atom is -0.461 e. The molecule has 0 bridgehead atoms. The van der Waals surface area contributed by atoms with Crippen molar-refractivity contribution in [3.8, 4) is 5.69 Å². The topological polar surface area (TPSA) is 57.0 Å². The molecule has 0 saturated heterocycles. The highest BCUT2D eigenvalue weighted by atomic mass is 16.5. The lowest BCUT2D eigenvalue weighted by Crippen LogP contribution is -2.11. The Bertz CT molecular complexity index is 880. The predicted octanol–water partition coefficient (Wildman–Crippen LogP) is 4.24.